The van der Waals surface area contributed by atoms with Gasteiger partial charge in [-0.3, -0.25) is 0 Å². The average Bonchev–Trinajstić information content (AvgIpc) is 2.29. The Kier molecular flexibility index (Phi) is 2.53. The minimum atomic E-state index is -0.136. The fraction of sp³-hybridized carbons (Fsp3) is 0. The quantitative estimate of drug-likeness (QED) is 0.670. The van der Waals surface area contributed by atoms with Crippen molar-refractivity contribution in [3.8, 4) is 6.07 Å². The van der Waals surface area contributed by atoms with Gasteiger partial charge < -0.3 is 4.85 Å². The van der Waals surface area contributed by atoms with Crippen LogP contribution in [0.25, 0.3) is 16.1 Å². The summed E-state index contributed by atoms with van der Waals surface area (Å²) in [5.74, 6) is -0.136. The lowest BCUT2D eigenvalue weighted by atomic mass is 10.4. The second kappa shape index (κ2) is 3.86. The summed E-state index contributed by atoms with van der Waals surface area (Å²) >= 11 is 11.3. The van der Waals surface area contributed by atoms with Crippen LogP contribution in [0.4, 0.5) is 5.82 Å². The Labute approximate surface area is 99.3 Å². The SMILES string of the molecule is [C-]#[N+]c1nc2nc(Cl)c(Cl)nc2nc1C#N. The van der Waals surface area contributed by atoms with Crippen molar-refractivity contribution in [3.05, 3.63) is 27.4 Å². The first-order chi connectivity index (χ1) is 7.65. The fourth-order valence-electron chi connectivity index (χ4n) is 0.990. The van der Waals surface area contributed by atoms with E-state index in [4.69, 9.17) is 35.0 Å². The standard InChI is InChI=1S/C8Cl2N6/c1-12-6-3(2-11)13-7-8(16-6)15-5(10)4(9)14-7. The molecule has 2 rings (SSSR count). The van der Waals surface area contributed by atoms with Gasteiger partial charge in [-0.15, -0.1) is 0 Å². The molecule has 8 heteroatoms. The van der Waals surface area contributed by atoms with E-state index in [1.807, 2.05) is 0 Å². The smallest absolute Gasteiger partial charge is 0.308 e. The van der Waals surface area contributed by atoms with Gasteiger partial charge in [0.15, 0.2) is 16.0 Å². The van der Waals surface area contributed by atoms with Crippen LogP contribution in [0, 0.1) is 17.9 Å². The second-order valence-corrected chi connectivity index (χ2v) is 3.29. The minimum absolute atomic E-state index is 0.0240. The van der Waals surface area contributed by atoms with Crippen LogP contribution in [0.5, 0.6) is 0 Å². The minimum Gasteiger partial charge on any atom is -0.358 e. The number of nitrogens with zero attached hydrogens (tertiary/aromatic N) is 6. The average molecular weight is 251 g/mol. The van der Waals surface area contributed by atoms with E-state index in [1.54, 1.807) is 6.07 Å². The molecular weight excluding hydrogens is 251 g/mol. The van der Waals surface area contributed by atoms with Gasteiger partial charge in [0.05, 0.1) is 0 Å². The molecule has 0 radical (unpaired) electrons. The summed E-state index contributed by atoms with van der Waals surface area (Å²) in [7, 11) is 0. The van der Waals surface area contributed by atoms with Crippen molar-refractivity contribution in [2.24, 2.45) is 0 Å². The Bertz CT molecular complexity index is 610. The summed E-state index contributed by atoms with van der Waals surface area (Å²) in [6, 6.07) is 1.74. The molecular formula is C8Cl2N6. The van der Waals surface area contributed by atoms with Gasteiger partial charge in [-0.05, 0) is 0 Å². The van der Waals surface area contributed by atoms with E-state index in [9.17, 15) is 0 Å². The summed E-state index contributed by atoms with van der Waals surface area (Å²) in [6.45, 7) is 6.82. The Morgan fingerprint density at radius 2 is 1.62 bits per heavy atom. The van der Waals surface area contributed by atoms with Crippen LogP contribution in [0.15, 0.2) is 0 Å². The molecule has 0 saturated carbocycles. The van der Waals surface area contributed by atoms with Crippen molar-refractivity contribution >= 4 is 40.3 Å². The number of nitriles is 1. The zero-order valence-electron chi connectivity index (χ0n) is 7.44. The Morgan fingerprint density at radius 3 is 2.12 bits per heavy atom. The predicted molar refractivity (Wildman–Crippen MR) is 56.1 cm³/mol. The van der Waals surface area contributed by atoms with Crippen molar-refractivity contribution in [3.63, 3.8) is 0 Å². The first kappa shape index (κ1) is 10.5. The maximum atomic E-state index is 8.73. The van der Waals surface area contributed by atoms with Crippen LogP contribution in [0.2, 0.25) is 10.3 Å². The molecule has 0 spiro atoms. The van der Waals surface area contributed by atoms with Crippen LogP contribution >= 0.6 is 23.2 Å². The Hall–Kier alpha value is -2.02. The van der Waals surface area contributed by atoms with E-state index in [2.05, 4.69) is 24.8 Å². The molecule has 2 heterocycles. The van der Waals surface area contributed by atoms with Crippen LogP contribution in [0.3, 0.4) is 0 Å². The largest absolute Gasteiger partial charge is 0.358 e. The van der Waals surface area contributed by atoms with Crippen LogP contribution in [-0.2, 0) is 0 Å². The van der Waals surface area contributed by atoms with E-state index in [-0.39, 0.29) is 33.1 Å². The molecule has 2 aromatic heterocycles. The number of halogens is 2. The number of aromatic nitrogens is 4. The lowest BCUT2D eigenvalue weighted by molar-refractivity contribution is 1.15. The van der Waals surface area contributed by atoms with Gasteiger partial charge in [-0.1, -0.05) is 34.8 Å². The topological polar surface area (TPSA) is 79.7 Å². The van der Waals surface area contributed by atoms with Crippen molar-refractivity contribution < 1.29 is 0 Å². The molecule has 0 fully saturated rings. The van der Waals surface area contributed by atoms with Gasteiger partial charge in [0.1, 0.15) is 6.07 Å². The van der Waals surface area contributed by atoms with Gasteiger partial charge in [0, 0.05) is 0 Å². The molecule has 0 bridgehead atoms. The lowest BCUT2D eigenvalue weighted by Crippen LogP contribution is -1.95. The van der Waals surface area contributed by atoms with Crippen molar-refractivity contribution in [2.75, 3.05) is 0 Å². The predicted octanol–water partition coefficient (Wildman–Crippen LogP) is 2.15. The molecule has 0 unspecified atom stereocenters. The van der Waals surface area contributed by atoms with E-state index < -0.39 is 0 Å². The maximum absolute atomic E-state index is 8.73. The molecule has 6 nitrogen and oxygen atoms in total. The van der Waals surface area contributed by atoms with Gasteiger partial charge in [0.2, 0.25) is 5.65 Å². The van der Waals surface area contributed by atoms with Gasteiger partial charge >= 0.3 is 5.82 Å². The summed E-state index contributed by atoms with van der Waals surface area (Å²) in [6.07, 6.45) is 0. The molecule has 0 aliphatic rings. The van der Waals surface area contributed by atoms with Gasteiger partial charge in [-0.25, -0.2) is 9.97 Å². The molecule has 76 valence electrons. The molecule has 0 aliphatic heterocycles. The van der Waals surface area contributed by atoms with E-state index >= 15 is 0 Å². The third-order valence-electron chi connectivity index (χ3n) is 1.63. The van der Waals surface area contributed by atoms with Crippen LogP contribution < -0.4 is 0 Å². The first-order valence-electron chi connectivity index (χ1n) is 3.84. The zero-order valence-corrected chi connectivity index (χ0v) is 8.95. The number of fused-ring (bicyclic) bond motifs is 1. The van der Waals surface area contributed by atoms with Gasteiger partial charge in [0.25, 0.3) is 5.65 Å². The van der Waals surface area contributed by atoms with Crippen LogP contribution in [0.1, 0.15) is 5.69 Å². The number of rotatable bonds is 0. The molecule has 0 aliphatic carbocycles. The molecule has 0 N–H and O–H groups in total. The molecule has 0 atom stereocenters. The molecule has 0 amide bonds. The Morgan fingerprint density at radius 1 is 1.06 bits per heavy atom. The van der Waals surface area contributed by atoms with Gasteiger partial charge in [-0.2, -0.15) is 10.2 Å². The fourth-order valence-corrected chi connectivity index (χ4v) is 1.23. The Balaban J connectivity index is 2.86. The summed E-state index contributed by atoms with van der Waals surface area (Å²) < 4.78 is 0. The van der Waals surface area contributed by atoms with Crippen molar-refractivity contribution in [2.45, 2.75) is 0 Å². The van der Waals surface area contributed by atoms with E-state index in [0.717, 1.165) is 0 Å². The number of hydrogen-bond donors (Lipinski definition) is 0. The molecule has 2 aromatic rings. The first-order valence-corrected chi connectivity index (χ1v) is 4.59. The van der Waals surface area contributed by atoms with Crippen molar-refractivity contribution in [1.82, 2.24) is 19.9 Å². The normalized spacial score (nSPS) is 9.75. The molecule has 0 saturated heterocycles. The highest BCUT2D eigenvalue weighted by Crippen LogP contribution is 2.22. The summed E-state index contributed by atoms with van der Waals surface area (Å²) in [4.78, 5) is 18.3. The highest BCUT2D eigenvalue weighted by molar-refractivity contribution is 6.40. The monoisotopic (exact) mass is 250 g/mol. The van der Waals surface area contributed by atoms with Crippen molar-refractivity contribution in [1.29, 1.82) is 5.26 Å². The number of hydrogen-bond acceptors (Lipinski definition) is 5. The second-order valence-electron chi connectivity index (χ2n) is 2.57. The van der Waals surface area contributed by atoms with Crippen LogP contribution in [-0.4, -0.2) is 19.9 Å². The van der Waals surface area contributed by atoms with E-state index in [1.165, 1.54) is 0 Å². The summed E-state index contributed by atoms with van der Waals surface area (Å²) in [5, 5.41) is 8.68. The zero-order chi connectivity index (χ0) is 11.7. The highest BCUT2D eigenvalue weighted by atomic mass is 35.5. The lowest BCUT2D eigenvalue weighted by Gasteiger charge is -1.97. The molecule has 0 aromatic carbocycles. The highest BCUT2D eigenvalue weighted by Gasteiger charge is 2.14. The summed E-state index contributed by atoms with van der Waals surface area (Å²) in [5.41, 5.74) is 0.0490. The van der Waals surface area contributed by atoms with E-state index in [0.29, 0.717) is 0 Å². The molecule has 16 heavy (non-hydrogen) atoms. The maximum Gasteiger partial charge on any atom is 0.308 e. The third kappa shape index (κ3) is 1.61. The third-order valence-corrected chi connectivity index (χ3v) is 2.26.